The molecule has 6 aromatic rings. The smallest absolute Gasteiger partial charge is 0.258 e. The number of hydrogen-bond acceptors (Lipinski definition) is 6. The molecule has 0 saturated carbocycles. The minimum Gasteiger partial charge on any atom is -0.496 e. The summed E-state index contributed by atoms with van der Waals surface area (Å²) in [4.78, 5) is 27.9. The van der Waals surface area contributed by atoms with Crippen LogP contribution in [0.1, 0.15) is 187 Å². The second-order valence-corrected chi connectivity index (χ2v) is 24.6. The van der Waals surface area contributed by atoms with Gasteiger partial charge in [0.1, 0.15) is 23.0 Å². The van der Waals surface area contributed by atoms with E-state index < -0.39 is 0 Å². The van der Waals surface area contributed by atoms with Crippen LogP contribution in [0.5, 0.6) is 23.0 Å². The highest BCUT2D eigenvalue weighted by Gasteiger charge is 2.30. The van der Waals surface area contributed by atoms with Gasteiger partial charge in [0.15, 0.2) is 13.2 Å². The number of carbonyl (C=O) groups excluding carboxylic acids is 2. The summed E-state index contributed by atoms with van der Waals surface area (Å²) in [6.45, 7) is 30.5. The van der Waals surface area contributed by atoms with Crippen molar-refractivity contribution in [2.24, 2.45) is 0 Å². The van der Waals surface area contributed by atoms with E-state index in [1.165, 1.54) is 0 Å². The SMILES string of the molecule is COc1c2cc(C(C)(C)C)cc1Cc1cc(C(C)(C)C)cc(c1OCC(=O)N[C@@H](C)c1ccccc1)Cc1cc(C(C)(C)C)cc(c1OC)Cc1cc(C(C)(C)C)cc(c1OCC(=O)N[C@@H](C)c1ccccc1)C2. The third kappa shape index (κ3) is 13.2. The van der Waals surface area contributed by atoms with Gasteiger partial charge in [0, 0.05) is 25.7 Å². The van der Waals surface area contributed by atoms with Crippen LogP contribution in [0.25, 0.3) is 0 Å². The van der Waals surface area contributed by atoms with Gasteiger partial charge in [-0.15, -0.1) is 0 Å². The molecule has 6 aromatic carbocycles. The normalized spacial score (nSPS) is 13.8. The molecule has 0 unspecified atom stereocenters. The van der Waals surface area contributed by atoms with Crippen molar-refractivity contribution in [3.8, 4) is 23.0 Å². The van der Waals surface area contributed by atoms with Crippen molar-refractivity contribution >= 4 is 11.8 Å². The molecule has 8 bridgehead atoms. The van der Waals surface area contributed by atoms with E-state index in [0.29, 0.717) is 37.2 Å². The summed E-state index contributed by atoms with van der Waals surface area (Å²) in [7, 11) is 3.50. The fourth-order valence-electron chi connectivity index (χ4n) is 10.0. The number of rotatable bonds is 12. The van der Waals surface area contributed by atoms with Crippen LogP contribution < -0.4 is 29.6 Å². The van der Waals surface area contributed by atoms with E-state index in [9.17, 15) is 9.59 Å². The number of benzene rings is 6. The number of amides is 2. The first-order valence-corrected chi connectivity index (χ1v) is 26.4. The van der Waals surface area contributed by atoms with E-state index in [2.05, 4.69) is 142 Å². The lowest BCUT2D eigenvalue weighted by atomic mass is 9.79. The largest absolute Gasteiger partial charge is 0.496 e. The van der Waals surface area contributed by atoms with Crippen molar-refractivity contribution in [1.82, 2.24) is 10.6 Å². The zero-order chi connectivity index (χ0) is 53.9. The Kier molecular flexibility index (Phi) is 16.5. The van der Waals surface area contributed by atoms with E-state index in [1.54, 1.807) is 14.2 Å². The topological polar surface area (TPSA) is 95.1 Å². The molecule has 0 heterocycles. The van der Waals surface area contributed by atoms with Gasteiger partial charge >= 0.3 is 0 Å². The molecule has 2 amide bonds. The third-order valence-corrected chi connectivity index (χ3v) is 14.4. The van der Waals surface area contributed by atoms with Crippen molar-refractivity contribution in [2.45, 2.75) is 156 Å². The molecule has 0 radical (unpaired) electrons. The molecule has 0 aromatic heterocycles. The molecule has 8 nitrogen and oxygen atoms in total. The van der Waals surface area contributed by atoms with Crippen molar-refractivity contribution in [2.75, 3.05) is 27.4 Å². The maximum atomic E-state index is 14.0. The number of methoxy groups -OCH3 is 2. The first kappa shape index (κ1) is 55.2. The summed E-state index contributed by atoms with van der Waals surface area (Å²) in [5.74, 6) is 2.49. The Morgan fingerprint density at radius 3 is 0.851 bits per heavy atom. The highest BCUT2D eigenvalue weighted by molar-refractivity contribution is 5.79. The highest BCUT2D eigenvalue weighted by atomic mass is 16.5. The van der Waals surface area contributed by atoms with Crippen LogP contribution in [-0.4, -0.2) is 39.2 Å². The molecule has 0 aliphatic heterocycles. The van der Waals surface area contributed by atoms with Crippen LogP contribution in [0.2, 0.25) is 0 Å². The second kappa shape index (κ2) is 22.1. The van der Waals surface area contributed by atoms with Gasteiger partial charge in [-0.1, -0.05) is 192 Å². The quantitative estimate of drug-likeness (QED) is 0.127. The van der Waals surface area contributed by atoms with Crippen LogP contribution in [0.3, 0.4) is 0 Å². The lowest BCUT2D eigenvalue weighted by Gasteiger charge is -2.29. The minimum absolute atomic E-state index is 0.169. The maximum Gasteiger partial charge on any atom is 0.258 e. The Bertz CT molecular complexity index is 2660. The van der Waals surface area contributed by atoms with Crippen LogP contribution in [-0.2, 0) is 56.9 Å². The Hall–Kier alpha value is -6.54. The predicted molar refractivity (Wildman–Crippen MR) is 302 cm³/mol. The van der Waals surface area contributed by atoms with Gasteiger partial charge in [0.05, 0.1) is 26.3 Å². The Balaban J connectivity index is 1.49. The van der Waals surface area contributed by atoms with Crippen molar-refractivity contribution < 1.29 is 28.5 Å². The molecule has 7 rings (SSSR count). The average molecular weight is 999 g/mol. The Morgan fingerprint density at radius 1 is 0.405 bits per heavy atom. The van der Waals surface area contributed by atoms with E-state index in [4.69, 9.17) is 18.9 Å². The molecule has 0 spiro atoms. The summed E-state index contributed by atoms with van der Waals surface area (Å²) in [5.41, 5.74) is 13.6. The second-order valence-electron chi connectivity index (χ2n) is 24.6. The van der Waals surface area contributed by atoms with Gasteiger partial charge < -0.3 is 29.6 Å². The van der Waals surface area contributed by atoms with E-state index in [1.807, 2.05) is 74.5 Å². The van der Waals surface area contributed by atoms with E-state index in [-0.39, 0.29) is 58.8 Å². The van der Waals surface area contributed by atoms with Gasteiger partial charge in [-0.25, -0.2) is 0 Å². The van der Waals surface area contributed by atoms with Crippen LogP contribution in [0.4, 0.5) is 0 Å². The molecule has 2 atom stereocenters. The molecular weight excluding hydrogens is 917 g/mol. The fraction of sp³-hybridized carbons (Fsp3) is 0.424. The molecule has 74 heavy (non-hydrogen) atoms. The summed E-state index contributed by atoms with van der Waals surface area (Å²) in [6, 6.07) is 37.7. The molecule has 2 N–H and O–H groups in total. The third-order valence-electron chi connectivity index (χ3n) is 14.4. The number of carbonyl (C=O) groups is 2. The molecule has 0 saturated heterocycles. The van der Waals surface area contributed by atoms with Gasteiger partial charge in [-0.05, 0) is 113 Å². The number of ether oxygens (including phenoxy) is 4. The van der Waals surface area contributed by atoms with Crippen molar-refractivity contribution in [3.63, 3.8) is 0 Å². The summed E-state index contributed by atoms with van der Waals surface area (Å²) < 4.78 is 26.9. The summed E-state index contributed by atoms with van der Waals surface area (Å²) in [5, 5.41) is 6.37. The zero-order valence-electron chi connectivity index (χ0n) is 47.2. The Labute approximate surface area is 443 Å². The molecule has 0 fully saturated rings. The van der Waals surface area contributed by atoms with Gasteiger partial charge in [0.2, 0.25) is 0 Å². The van der Waals surface area contributed by atoms with Crippen molar-refractivity contribution in [3.05, 3.63) is 187 Å². The number of hydrogen-bond donors (Lipinski definition) is 2. The van der Waals surface area contributed by atoms with Crippen molar-refractivity contribution in [1.29, 1.82) is 0 Å². The molecule has 392 valence electrons. The first-order chi connectivity index (χ1) is 34.7. The van der Waals surface area contributed by atoms with Crippen LogP contribution in [0, 0.1) is 0 Å². The fourth-order valence-corrected chi connectivity index (χ4v) is 10.0. The lowest BCUT2D eigenvalue weighted by Crippen LogP contribution is -2.31. The molecule has 1 aliphatic carbocycles. The minimum atomic E-state index is -0.225. The summed E-state index contributed by atoms with van der Waals surface area (Å²) >= 11 is 0. The maximum absolute atomic E-state index is 14.0. The highest BCUT2D eigenvalue weighted by Crippen LogP contribution is 2.44. The summed E-state index contributed by atoms with van der Waals surface area (Å²) in [6.07, 6.45) is 1.87. The van der Waals surface area contributed by atoms with Crippen LogP contribution >= 0.6 is 0 Å². The number of nitrogens with one attached hydrogen (secondary N) is 2. The van der Waals surface area contributed by atoms with Gasteiger partial charge in [-0.2, -0.15) is 0 Å². The van der Waals surface area contributed by atoms with Gasteiger partial charge in [0.25, 0.3) is 11.8 Å². The van der Waals surface area contributed by atoms with E-state index >= 15 is 0 Å². The van der Waals surface area contributed by atoms with Crippen LogP contribution in [0.15, 0.2) is 109 Å². The average Bonchev–Trinajstić information content (AvgIpc) is 3.32. The molecule has 1 aliphatic rings. The molecular formula is C66H82N2O6. The Morgan fingerprint density at radius 2 is 0.635 bits per heavy atom. The molecule has 8 heteroatoms. The standard InChI is InChI=1S/C66H82N2O6/c1-41(43-23-19-17-20-24-43)67-57(69)39-73-61-49-27-45-31-53(63(3,4)5)33-47(59(45)71-15)29-51-37-56(66(12,13)14)38-52(62(51)74-40-58(70)68-42(2)44-25-21-18-22-26-44)30-48-34-54(64(6,7)8)32-46(60(48)72-16)28-50(61)36-55(35-49)65(9,10)11/h17-26,31-38,41-42H,27-30,39-40H2,1-16H3,(H,67,69)(H,68,70)/t41-,42-/m0/s1. The number of fused-ring (bicyclic) bond motifs is 8. The lowest BCUT2D eigenvalue weighted by molar-refractivity contribution is -0.124. The predicted octanol–water partition coefficient (Wildman–Crippen LogP) is 14.1. The monoisotopic (exact) mass is 999 g/mol. The van der Waals surface area contributed by atoms with Gasteiger partial charge in [-0.3, -0.25) is 9.59 Å². The van der Waals surface area contributed by atoms with E-state index in [0.717, 1.165) is 89.4 Å². The zero-order valence-corrected chi connectivity index (χ0v) is 47.2. The first-order valence-electron chi connectivity index (χ1n) is 26.4.